The van der Waals surface area contributed by atoms with Gasteiger partial charge in [-0.25, -0.2) is 0 Å². The molecule has 1 N–H and O–H groups in total. The molecule has 0 unspecified atom stereocenters. The van der Waals surface area contributed by atoms with E-state index in [1.807, 2.05) is 12.1 Å². The largest absolute Gasteiger partial charge is 0.493 e. The van der Waals surface area contributed by atoms with Gasteiger partial charge in [0.25, 0.3) is 0 Å². The molecule has 6 nitrogen and oxygen atoms in total. The summed E-state index contributed by atoms with van der Waals surface area (Å²) in [5, 5.41) is 9.08. The minimum atomic E-state index is -0.926. The molecule has 1 saturated heterocycles. The van der Waals surface area contributed by atoms with E-state index in [-0.39, 0.29) is 18.9 Å². The molecule has 1 heterocycles. The van der Waals surface area contributed by atoms with Crippen LogP contribution in [0.25, 0.3) is 0 Å². The van der Waals surface area contributed by atoms with Gasteiger partial charge >= 0.3 is 5.97 Å². The average Bonchev–Trinajstić information content (AvgIpc) is 2.94. The van der Waals surface area contributed by atoms with Crippen molar-refractivity contribution in [3.8, 4) is 11.5 Å². The van der Waals surface area contributed by atoms with Crippen molar-refractivity contribution in [2.45, 2.75) is 39.2 Å². The molecule has 1 fully saturated rings. The first kappa shape index (κ1) is 19.6. The van der Waals surface area contributed by atoms with Gasteiger partial charge in [-0.3, -0.25) is 9.59 Å². The Morgan fingerprint density at radius 1 is 1.40 bits per heavy atom. The van der Waals surface area contributed by atoms with Crippen molar-refractivity contribution in [2.75, 3.05) is 20.3 Å². The number of amides is 1. The number of halogens is 1. The Labute approximate surface area is 156 Å². The number of ether oxygens (including phenoxy) is 2. The summed E-state index contributed by atoms with van der Waals surface area (Å²) in [4.78, 5) is 24.6. The van der Waals surface area contributed by atoms with Crippen LogP contribution in [0.4, 0.5) is 0 Å². The van der Waals surface area contributed by atoms with E-state index in [0.717, 1.165) is 29.3 Å². The van der Waals surface area contributed by atoms with E-state index in [4.69, 9.17) is 14.6 Å². The zero-order chi connectivity index (χ0) is 18.4. The molecule has 0 spiro atoms. The van der Waals surface area contributed by atoms with E-state index in [1.165, 1.54) is 0 Å². The summed E-state index contributed by atoms with van der Waals surface area (Å²) >= 11 is 3.51. The van der Waals surface area contributed by atoms with Crippen LogP contribution in [0.1, 0.15) is 38.2 Å². The molecule has 138 valence electrons. The number of aliphatic carboxylic acids is 1. The molecule has 1 amide bonds. The molecule has 0 bridgehead atoms. The number of carboxylic acids is 1. The topological polar surface area (TPSA) is 76.1 Å². The molecule has 1 aromatic rings. The number of unbranched alkanes of at least 4 members (excludes halogenated alkanes) is 2. The predicted molar refractivity (Wildman–Crippen MR) is 96.9 cm³/mol. The maximum Gasteiger partial charge on any atom is 0.308 e. The van der Waals surface area contributed by atoms with Crippen LogP contribution in [-0.4, -0.2) is 42.1 Å². The summed E-state index contributed by atoms with van der Waals surface area (Å²) in [6.07, 6.45) is 3.28. The molecule has 0 saturated carbocycles. The second kappa shape index (κ2) is 9.08. The van der Waals surface area contributed by atoms with E-state index in [1.54, 1.807) is 12.0 Å². The number of carbonyl (C=O) groups excluding carboxylic acids is 1. The van der Waals surface area contributed by atoms with E-state index in [2.05, 4.69) is 22.9 Å². The normalized spacial score (nSPS) is 17.0. The number of methoxy groups -OCH3 is 1. The Kier molecular flexibility index (Phi) is 7.11. The summed E-state index contributed by atoms with van der Waals surface area (Å²) in [5.41, 5.74) is 0.865. The van der Waals surface area contributed by atoms with Gasteiger partial charge in [0.15, 0.2) is 11.5 Å². The number of hydrogen-bond donors (Lipinski definition) is 1. The highest BCUT2D eigenvalue weighted by Crippen LogP contribution is 2.37. The highest BCUT2D eigenvalue weighted by Gasteiger charge is 2.34. The first-order valence-corrected chi connectivity index (χ1v) is 9.25. The lowest BCUT2D eigenvalue weighted by Gasteiger charge is -2.19. The lowest BCUT2D eigenvalue weighted by Crippen LogP contribution is -2.25. The highest BCUT2D eigenvalue weighted by atomic mass is 79.9. The number of hydrogen-bond acceptors (Lipinski definition) is 4. The third-order valence-electron chi connectivity index (χ3n) is 4.22. The molecule has 7 heteroatoms. The van der Waals surface area contributed by atoms with Crippen molar-refractivity contribution in [2.24, 2.45) is 5.92 Å². The van der Waals surface area contributed by atoms with Crippen LogP contribution in [0.5, 0.6) is 11.5 Å². The Morgan fingerprint density at radius 2 is 2.16 bits per heavy atom. The number of carbonyl (C=O) groups is 2. The van der Waals surface area contributed by atoms with E-state index in [0.29, 0.717) is 24.7 Å². The maximum absolute atomic E-state index is 12.0. The second-order valence-corrected chi connectivity index (χ2v) is 7.03. The van der Waals surface area contributed by atoms with Crippen molar-refractivity contribution in [3.63, 3.8) is 0 Å². The van der Waals surface area contributed by atoms with Gasteiger partial charge in [0, 0.05) is 19.5 Å². The third kappa shape index (κ3) is 5.11. The van der Waals surface area contributed by atoms with Crippen LogP contribution in [0, 0.1) is 5.92 Å². The lowest BCUT2D eigenvalue weighted by molar-refractivity contribution is -0.141. The van der Waals surface area contributed by atoms with Gasteiger partial charge in [-0.2, -0.15) is 0 Å². The first-order valence-electron chi connectivity index (χ1n) is 8.46. The maximum atomic E-state index is 12.0. The fourth-order valence-corrected chi connectivity index (χ4v) is 3.45. The molecule has 1 aliphatic rings. The van der Waals surface area contributed by atoms with Crippen LogP contribution in [0.3, 0.4) is 0 Å². The van der Waals surface area contributed by atoms with Crippen molar-refractivity contribution in [3.05, 3.63) is 22.2 Å². The quantitative estimate of drug-likeness (QED) is 0.627. The second-order valence-electron chi connectivity index (χ2n) is 6.18. The number of carboxylic acid groups (broad SMARTS) is 1. The van der Waals surface area contributed by atoms with Gasteiger partial charge < -0.3 is 19.5 Å². The standard InChI is InChI=1S/C18H24BrNO5/c1-3-4-5-6-25-17-14(19)7-12(8-15(17)24-2)10-20-11-13(18(22)23)9-16(20)21/h7-8,13H,3-6,9-11H2,1-2H3,(H,22,23)/t13-/m0/s1. The molecule has 0 aliphatic carbocycles. The Morgan fingerprint density at radius 3 is 2.76 bits per heavy atom. The van der Waals surface area contributed by atoms with Crippen LogP contribution in [0.15, 0.2) is 16.6 Å². The molecule has 0 aromatic heterocycles. The van der Waals surface area contributed by atoms with Crippen molar-refractivity contribution >= 4 is 27.8 Å². The summed E-state index contributed by atoms with van der Waals surface area (Å²) in [5.74, 6) is -0.437. The molecule has 2 rings (SSSR count). The summed E-state index contributed by atoms with van der Waals surface area (Å²) in [6, 6.07) is 3.72. The predicted octanol–water partition coefficient (Wildman–Crippen LogP) is 3.46. The summed E-state index contributed by atoms with van der Waals surface area (Å²) in [6.45, 7) is 3.35. The fourth-order valence-electron chi connectivity index (χ4n) is 2.84. The molecule has 1 aliphatic heterocycles. The molecule has 1 aromatic carbocycles. The van der Waals surface area contributed by atoms with Crippen molar-refractivity contribution in [1.82, 2.24) is 4.90 Å². The monoisotopic (exact) mass is 413 g/mol. The van der Waals surface area contributed by atoms with Crippen LogP contribution in [-0.2, 0) is 16.1 Å². The molecular weight excluding hydrogens is 390 g/mol. The van der Waals surface area contributed by atoms with Gasteiger partial charge in [-0.05, 0) is 40.0 Å². The van der Waals surface area contributed by atoms with Gasteiger partial charge in [0.05, 0.1) is 24.1 Å². The van der Waals surface area contributed by atoms with Crippen LogP contribution in [0.2, 0.25) is 0 Å². The SMILES string of the molecule is CCCCCOc1c(Br)cc(CN2C[C@@H](C(=O)O)CC2=O)cc1OC. The van der Waals surface area contributed by atoms with E-state index in [9.17, 15) is 9.59 Å². The zero-order valence-corrected chi connectivity index (χ0v) is 16.2. The Hall–Kier alpha value is -1.76. The minimum Gasteiger partial charge on any atom is -0.493 e. The minimum absolute atomic E-state index is 0.0618. The van der Waals surface area contributed by atoms with Gasteiger partial charge in [0.2, 0.25) is 5.91 Å². The molecular formula is C18H24BrNO5. The smallest absolute Gasteiger partial charge is 0.308 e. The zero-order valence-electron chi connectivity index (χ0n) is 14.6. The lowest BCUT2D eigenvalue weighted by atomic mass is 10.1. The number of nitrogens with zero attached hydrogens (tertiary/aromatic N) is 1. The van der Waals surface area contributed by atoms with Gasteiger partial charge in [-0.1, -0.05) is 19.8 Å². The number of likely N-dealkylation sites (tertiary alicyclic amines) is 1. The van der Waals surface area contributed by atoms with Crippen LogP contribution < -0.4 is 9.47 Å². The summed E-state index contributed by atoms with van der Waals surface area (Å²) < 4.78 is 12.0. The average molecular weight is 414 g/mol. The Balaban J connectivity index is 2.08. The van der Waals surface area contributed by atoms with Crippen LogP contribution >= 0.6 is 15.9 Å². The molecule has 0 radical (unpaired) electrons. The highest BCUT2D eigenvalue weighted by molar-refractivity contribution is 9.10. The van der Waals surface area contributed by atoms with E-state index < -0.39 is 11.9 Å². The molecule has 1 atom stereocenters. The fraction of sp³-hybridized carbons (Fsp3) is 0.556. The third-order valence-corrected chi connectivity index (χ3v) is 4.81. The number of rotatable bonds is 9. The Bertz CT molecular complexity index is 634. The van der Waals surface area contributed by atoms with Crippen molar-refractivity contribution in [1.29, 1.82) is 0 Å². The van der Waals surface area contributed by atoms with Gasteiger partial charge in [-0.15, -0.1) is 0 Å². The molecule has 25 heavy (non-hydrogen) atoms. The van der Waals surface area contributed by atoms with Gasteiger partial charge in [0.1, 0.15) is 0 Å². The first-order chi connectivity index (χ1) is 12.0. The van der Waals surface area contributed by atoms with Crippen molar-refractivity contribution < 1.29 is 24.2 Å². The summed E-state index contributed by atoms with van der Waals surface area (Å²) in [7, 11) is 1.58. The number of benzene rings is 1. The van der Waals surface area contributed by atoms with E-state index >= 15 is 0 Å².